The van der Waals surface area contributed by atoms with E-state index >= 15 is 0 Å². The molecule has 6 heteroatoms. The van der Waals surface area contributed by atoms with E-state index in [-0.39, 0.29) is 5.91 Å². The summed E-state index contributed by atoms with van der Waals surface area (Å²) in [6.45, 7) is 0. The van der Waals surface area contributed by atoms with E-state index in [1.807, 2.05) is 43.7 Å². The summed E-state index contributed by atoms with van der Waals surface area (Å²) in [5, 5.41) is 7.59. The first kappa shape index (κ1) is 15.2. The first-order chi connectivity index (χ1) is 11.2. The first-order valence-corrected chi connectivity index (χ1v) is 7.92. The van der Waals surface area contributed by atoms with Crippen LogP contribution in [0.15, 0.2) is 42.9 Å². The molecule has 0 fully saturated rings. The second-order valence-corrected chi connectivity index (χ2v) is 6.07. The lowest BCUT2D eigenvalue weighted by atomic mass is 10.1. The Balaban J connectivity index is 1.80. The highest BCUT2D eigenvalue weighted by Crippen LogP contribution is 2.21. The fourth-order valence-corrected chi connectivity index (χ4v) is 2.92. The third-order valence-corrected chi connectivity index (χ3v) is 4.28. The predicted octanol–water partition coefficient (Wildman–Crippen LogP) is 3.07. The molecule has 0 aliphatic carbocycles. The molecule has 0 saturated heterocycles. The zero-order valence-corrected chi connectivity index (χ0v) is 13.7. The van der Waals surface area contributed by atoms with Gasteiger partial charge in [0.05, 0.1) is 12.4 Å². The average Bonchev–Trinajstić information content (AvgIpc) is 3.21. The summed E-state index contributed by atoms with van der Waals surface area (Å²) in [4.78, 5) is 16.4. The van der Waals surface area contributed by atoms with Gasteiger partial charge in [-0.2, -0.15) is 5.10 Å². The van der Waals surface area contributed by atoms with Gasteiger partial charge >= 0.3 is 0 Å². The van der Waals surface area contributed by atoms with Crippen molar-refractivity contribution in [3.8, 4) is 11.1 Å². The topological polar surface area (TPSA) is 59.8 Å². The minimum absolute atomic E-state index is 0.110. The number of aromatic nitrogens is 3. The predicted molar refractivity (Wildman–Crippen MR) is 93.1 cm³/mol. The van der Waals surface area contributed by atoms with Gasteiger partial charge in [0.1, 0.15) is 9.88 Å². The molecule has 3 rings (SSSR count). The molecule has 116 valence electrons. The van der Waals surface area contributed by atoms with Gasteiger partial charge in [-0.15, -0.1) is 11.3 Å². The molecule has 23 heavy (non-hydrogen) atoms. The zero-order chi connectivity index (χ0) is 16.2. The second kappa shape index (κ2) is 6.58. The number of carbonyl (C=O) groups excluding carboxylic acids is 1. The molecular weight excluding hydrogens is 308 g/mol. The van der Waals surface area contributed by atoms with E-state index in [1.54, 1.807) is 17.9 Å². The quantitative estimate of drug-likeness (QED) is 0.802. The van der Waals surface area contributed by atoms with Crippen molar-refractivity contribution in [3.05, 3.63) is 58.3 Å². The van der Waals surface area contributed by atoms with Crippen LogP contribution in [0.25, 0.3) is 23.3 Å². The number of benzene rings is 1. The third kappa shape index (κ3) is 3.54. The summed E-state index contributed by atoms with van der Waals surface area (Å²) in [5.41, 5.74) is 3.27. The molecule has 0 atom stereocenters. The van der Waals surface area contributed by atoms with Gasteiger partial charge in [-0.25, -0.2) is 4.98 Å². The lowest BCUT2D eigenvalue weighted by Crippen LogP contribution is -2.16. The minimum Gasteiger partial charge on any atom is -0.354 e. The fourth-order valence-electron chi connectivity index (χ4n) is 2.15. The van der Waals surface area contributed by atoms with E-state index in [4.69, 9.17) is 0 Å². The molecule has 0 radical (unpaired) electrons. The molecule has 3 aromatic rings. The van der Waals surface area contributed by atoms with Crippen LogP contribution < -0.4 is 5.32 Å². The Morgan fingerprint density at radius 1 is 1.26 bits per heavy atom. The summed E-state index contributed by atoms with van der Waals surface area (Å²) in [6, 6.07) is 8.20. The standard InChI is InChI=1S/C17H16N4OS/c1-18-17(22)15-10-19-16(23-15)7-6-12-4-3-5-13(8-12)14-9-20-21(2)11-14/h3-11H,1-2H3,(H,18,22). The van der Waals surface area contributed by atoms with Gasteiger partial charge in [0.2, 0.25) is 0 Å². The second-order valence-electron chi connectivity index (χ2n) is 5.00. The molecule has 0 aliphatic rings. The number of nitrogens with one attached hydrogen (secondary N) is 1. The molecule has 0 bridgehead atoms. The number of thiazole rings is 1. The number of amides is 1. The summed E-state index contributed by atoms with van der Waals surface area (Å²) in [6.07, 6.45) is 9.33. The van der Waals surface area contributed by atoms with Gasteiger partial charge in [0, 0.05) is 25.9 Å². The van der Waals surface area contributed by atoms with Crippen LogP contribution in [0.2, 0.25) is 0 Å². The summed E-state index contributed by atoms with van der Waals surface area (Å²) in [5.74, 6) is -0.110. The van der Waals surface area contributed by atoms with Gasteiger partial charge in [-0.3, -0.25) is 9.48 Å². The van der Waals surface area contributed by atoms with Crippen molar-refractivity contribution in [1.82, 2.24) is 20.1 Å². The maximum atomic E-state index is 11.5. The Labute approximate surface area is 138 Å². The monoisotopic (exact) mass is 324 g/mol. The molecular formula is C17H16N4OS. The maximum Gasteiger partial charge on any atom is 0.262 e. The van der Waals surface area contributed by atoms with E-state index in [9.17, 15) is 4.79 Å². The van der Waals surface area contributed by atoms with Gasteiger partial charge < -0.3 is 5.32 Å². The van der Waals surface area contributed by atoms with Crippen LogP contribution in [0.4, 0.5) is 0 Å². The van der Waals surface area contributed by atoms with Gasteiger partial charge in [-0.05, 0) is 23.3 Å². The molecule has 2 aromatic heterocycles. The van der Waals surface area contributed by atoms with Crippen LogP contribution in [-0.2, 0) is 7.05 Å². The van der Waals surface area contributed by atoms with Gasteiger partial charge in [-0.1, -0.05) is 24.3 Å². The summed E-state index contributed by atoms with van der Waals surface area (Å²) >= 11 is 1.37. The van der Waals surface area contributed by atoms with E-state index in [0.717, 1.165) is 21.7 Å². The van der Waals surface area contributed by atoms with Crippen LogP contribution in [0, 0.1) is 0 Å². The molecule has 2 heterocycles. The van der Waals surface area contributed by atoms with Crippen molar-refractivity contribution in [1.29, 1.82) is 0 Å². The van der Waals surface area contributed by atoms with Crippen molar-refractivity contribution in [2.75, 3.05) is 7.05 Å². The van der Waals surface area contributed by atoms with Crippen molar-refractivity contribution in [2.24, 2.45) is 7.05 Å². The van der Waals surface area contributed by atoms with Crippen molar-refractivity contribution in [2.45, 2.75) is 0 Å². The molecule has 0 spiro atoms. The van der Waals surface area contributed by atoms with Gasteiger partial charge in [0.25, 0.3) is 5.91 Å². The third-order valence-electron chi connectivity index (χ3n) is 3.32. The molecule has 0 aliphatic heterocycles. The Bertz CT molecular complexity index is 863. The minimum atomic E-state index is -0.110. The van der Waals surface area contributed by atoms with Crippen molar-refractivity contribution >= 4 is 29.4 Å². The Kier molecular flexibility index (Phi) is 4.34. The highest BCUT2D eigenvalue weighted by Gasteiger charge is 2.06. The normalized spacial score (nSPS) is 11.0. The van der Waals surface area contributed by atoms with E-state index in [0.29, 0.717) is 4.88 Å². The van der Waals surface area contributed by atoms with Crippen LogP contribution in [0.5, 0.6) is 0 Å². The Morgan fingerprint density at radius 2 is 2.13 bits per heavy atom. The molecule has 1 N–H and O–H groups in total. The highest BCUT2D eigenvalue weighted by molar-refractivity contribution is 7.14. The lowest BCUT2D eigenvalue weighted by molar-refractivity contribution is 0.0967. The Hall–Kier alpha value is -2.73. The first-order valence-electron chi connectivity index (χ1n) is 7.11. The van der Waals surface area contributed by atoms with Crippen molar-refractivity contribution in [3.63, 3.8) is 0 Å². The van der Waals surface area contributed by atoms with Gasteiger partial charge in [0.15, 0.2) is 0 Å². The van der Waals surface area contributed by atoms with Crippen LogP contribution in [0.1, 0.15) is 20.2 Å². The number of nitrogens with zero attached hydrogens (tertiary/aromatic N) is 3. The summed E-state index contributed by atoms with van der Waals surface area (Å²) < 4.78 is 1.79. The van der Waals surface area contributed by atoms with E-state index in [2.05, 4.69) is 27.5 Å². The fraction of sp³-hybridized carbons (Fsp3) is 0.118. The molecule has 1 aromatic carbocycles. The highest BCUT2D eigenvalue weighted by atomic mass is 32.1. The number of hydrogen-bond donors (Lipinski definition) is 1. The lowest BCUT2D eigenvalue weighted by Gasteiger charge is -1.99. The summed E-state index contributed by atoms with van der Waals surface area (Å²) in [7, 11) is 3.52. The zero-order valence-electron chi connectivity index (χ0n) is 12.9. The smallest absolute Gasteiger partial charge is 0.262 e. The van der Waals surface area contributed by atoms with Crippen LogP contribution in [0.3, 0.4) is 0 Å². The molecule has 0 saturated carbocycles. The van der Waals surface area contributed by atoms with Crippen molar-refractivity contribution < 1.29 is 4.79 Å². The van der Waals surface area contributed by atoms with E-state index < -0.39 is 0 Å². The van der Waals surface area contributed by atoms with Crippen LogP contribution in [-0.4, -0.2) is 27.7 Å². The number of hydrogen-bond acceptors (Lipinski definition) is 4. The maximum absolute atomic E-state index is 11.5. The number of aryl methyl sites for hydroxylation is 1. The number of carbonyl (C=O) groups is 1. The van der Waals surface area contributed by atoms with Crippen LogP contribution >= 0.6 is 11.3 Å². The molecule has 0 unspecified atom stereocenters. The Morgan fingerprint density at radius 3 is 2.87 bits per heavy atom. The van der Waals surface area contributed by atoms with E-state index in [1.165, 1.54) is 11.3 Å². The molecule has 1 amide bonds. The number of rotatable bonds is 4. The SMILES string of the molecule is CNC(=O)c1cnc(C=Cc2cccc(-c3cnn(C)c3)c2)s1. The average molecular weight is 324 g/mol. The molecule has 5 nitrogen and oxygen atoms in total. The largest absolute Gasteiger partial charge is 0.354 e.